The van der Waals surface area contributed by atoms with Gasteiger partial charge in [0.25, 0.3) is 0 Å². The van der Waals surface area contributed by atoms with Gasteiger partial charge in [0.1, 0.15) is 0 Å². The van der Waals surface area contributed by atoms with Crippen molar-refractivity contribution in [3.05, 3.63) is 0 Å². The highest BCUT2D eigenvalue weighted by molar-refractivity contribution is 4.81. The molecule has 2 heterocycles. The van der Waals surface area contributed by atoms with E-state index in [4.69, 9.17) is 9.47 Å². The minimum absolute atomic E-state index is 0.233. The first kappa shape index (κ1) is 8.48. The summed E-state index contributed by atoms with van der Waals surface area (Å²) in [7, 11) is 0. The third kappa shape index (κ3) is 1.63. The molecule has 0 saturated carbocycles. The third-order valence-electron chi connectivity index (χ3n) is 2.67. The Morgan fingerprint density at radius 1 is 1.33 bits per heavy atom. The van der Waals surface area contributed by atoms with Crippen molar-refractivity contribution in [3.8, 4) is 0 Å². The number of ether oxygens (including phenoxy) is 2. The topological polar surface area (TPSA) is 30.5 Å². The van der Waals surface area contributed by atoms with Gasteiger partial charge in [-0.2, -0.15) is 0 Å². The molecular weight excluding hydrogens is 154 g/mol. The zero-order chi connectivity index (χ0) is 8.44. The van der Waals surface area contributed by atoms with Crippen LogP contribution >= 0.6 is 0 Å². The minimum Gasteiger partial charge on any atom is -0.350 e. The predicted octanol–water partition coefficient (Wildman–Crippen LogP) is 0.891. The lowest BCUT2D eigenvalue weighted by Crippen LogP contribution is -2.50. The Morgan fingerprint density at radius 3 is 2.75 bits per heavy atom. The van der Waals surface area contributed by atoms with Crippen LogP contribution in [0.25, 0.3) is 0 Å². The first-order chi connectivity index (χ1) is 5.81. The van der Waals surface area contributed by atoms with E-state index in [1.165, 1.54) is 0 Å². The Kier molecular flexibility index (Phi) is 2.35. The summed E-state index contributed by atoms with van der Waals surface area (Å²) in [5.74, 6) is -0.233. The van der Waals surface area contributed by atoms with E-state index in [1.807, 2.05) is 0 Å². The zero-order valence-electron chi connectivity index (χ0n) is 7.64. The molecule has 0 bridgehead atoms. The van der Waals surface area contributed by atoms with Crippen molar-refractivity contribution in [1.82, 2.24) is 5.32 Å². The standard InChI is InChI=1S/C9H17NO2/c1-8-2-7-11-9(12-8)3-5-10-6-4-9/h8,10H,2-7H2,1H3. The molecule has 0 aromatic rings. The van der Waals surface area contributed by atoms with Gasteiger partial charge >= 0.3 is 0 Å². The van der Waals surface area contributed by atoms with Crippen LogP contribution in [-0.4, -0.2) is 31.6 Å². The maximum Gasteiger partial charge on any atom is 0.171 e. The second-order valence-electron chi connectivity index (χ2n) is 3.73. The first-order valence-electron chi connectivity index (χ1n) is 4.83. The van der Waals surface area contributed by atoms with Crippen LogP contribution < -0.4 is 5.32 Å². The Balaban J connectivity index is 1.97. The summed E-state index contributed by atoms with van der Waals surface area (Å²) in [6.07, 6.45) is 3.40. The molecule has 2 fully saturated rings. The van der Waals surface area contributed by atoms with Gasteiger partial charge in [-0.3, -0.25) is 0 Å². The normalized spacial score (nSPS) is 35.2. The summed E-state index contributed by atoms with van der Waals surface area (Å²) in [6, 6.07) is 0. The fraction of sp³-hybridized carbons (Fsp3) is 1.00. The average molecular weight is 171 g/mol. The minimum atomic E-state index is -0.233. The van der Waals surface area contributed by atoms with E-state index >= 15 is 0 Å². The van der Waals surface area contributed by atoms with Crippen molar-refractivity contribution in [2.24, 2.45) is 0 Å². The highest BCUT2D eigenvalue weighted by Crippen LogP contribution is 2.30. The van der Waals surface area contributed by atoms with E-state index in [9.17, 15) is 0 Å². The number of hydrogen-bond acceptors (Lipinski definition) is 3. The van der Waals surface area contributed by atoms with E-state index in [-0.39, 0.29) is 5.79 Å². The van der Waals surface area contributed by atoms with E-state index in [0.717, 1.165) is 39.0 Å². The molecule has 2 rings (SSSR count). The second-order valence-corrected chi connectivity index (χ2v) is 3.73. The number of nitrogens with one attached hydrogen (secondary N) is 1. The Morgan fingerprint density at radius 2 is 2.08 bits per heavy atom. The SMILES string of the molecule is CC1CCOC2(CCNCC2)O1. The first-order valence-corrected chi connectivity index (χ1v) is 4.83. The highest BCUT2D eigenvalue weighted by atomic mass is 16.7. The molecule has 1 unspecified atom stereocenters. The fourth-order valence-corrected chi connectivity index (χ4v) is 1.94. The zero-order valence-corrected chi connectivity index (χ0v) is 7.64. The van der Waals surface area contributed by atoms with Gasteiger partial charge in [-0.1, -0.05) is 0 Å². The molecule has 0 amide bonds. The van der Waals surface area contributed by atoms with Crippen molar-refractivity contribution in [1.29, 1.82) is 0 Å². The molecule has 1 spiro atoms. The number of hydrogen-bond donors (Lipinski definition) is 1. The van der Waals surface area contributed by atoms with Crippen LogP contribution in [0.15, 0.2) is 0 Å². The van der Waals surface area contributed by atoms with Gasteiger partial charge < -0.3 is 14.8 Å². The monoisotopic (exact) mass is 171 g/mol. The highest BCUT2D eigenvalue weighted by Gasteiger charge is 2.38. The molecule has 70 valence electrons. The van der Waals surface area contributed by atoms with Crippen molar-refractivity contribution >= 4 is 0 Å². The Bertz CT molecular complexity index is 149. The number of rotatable bonds is 0. The van der Waals surface area contributed by atoms with Crippen LogP contribution in [0.4, 0.5) is 0 Å². The molecule has 2 aliphatic rings. The summed E-state index contributed by atoms with van der Waals surface area (Å²) in [5.41, 5.74) is 0. The third-order valence-corrected chi connectivity index (χ3v) is 2.67. The van der Waals surface area contributed by atoms with Gasteiger partial charge in [-0.15, -0.1) is 0 Å². The predicted molar refractivity (Wildman–Crippen MR) is 46.0 cm³/mol. The van der Waals surface area contributed by atoms with E-state index in [2.05, 4.69) is 12.2 Å². The maximum absolute atomic E-state index is 5.85. The summed E-state index contributed by atoms with van der Waals surface area (Å²) in [5, 5.41) is 3.31. The van der Waals surface area contributed by atoms with E-state index < -0.39 is 0 Å². The van der Waals surface area contributed by atoms with Gasteiger partial charge in [-0.25, -0.2) is 0 Å². The van der Waals surface area contributed by atoms with Gasteiger partial charge in [0.2, 0.25) is 0 Å². The van der Waals surface area contributed by atoms with Gasteiger partial charge in [0, 0.05) is 25.9 Å². The Hall–Kier alpha value is -0.120. The molecule has 2 aliphatic heterocycles. The molecule has 3 nitrogen and oxygen atoms in total. The van der Waals surface area contributed by atoms with Crippen LogP contribution in [-0.2, 0) is 9.47 Å². The molecule has 2 saturated heterocycles. The molecule has 0 radical (unpaired) electrons. The smallest absolute Gasteiger partial charge is 0.171 e. The summed E-state index contributed by atoms with van der Waals surface area (Å²) in [4.78, 5) is 0. The van der Waals surface area contributed by atoms with Crippen molar-refractivity contribution in [2.45, 2.75) is 38.1 Å². The van der Waals surface area contributed by atoms with E-state index in [0.29, 0.717) is 6.10 Å². The largest absolute Gasteiger partial charge is 0.350 e. The maximum atomic E-state index is 5.85. The van der Waals surface area contributed by atoms with Crippen molar-refractivity contribution in [2.75, 3.05) is 19.7 Å². The molecule has 0 aromatic carbocycles. The fourth-order valence-electron chi connectivity index (χ4n) is 1.94. The van der Waals surface area contributed by atoms with Gasteiger partial charge in [-0.05, 0) is 13.3 Å². The van der Waals surface area contributed by atoms with Crippen LogP contribution in [0, 0.1) is 0 Å². The molecule has 12 heavy (non-hydrogen) atoms. The summed E-state index contributed by atoms with van der Waals surface area (Å²) >= 11 is 0. The lowest BCUT2D eigenvalue weighted by Gasteiger charge is -2.42. The van der Waals surface area contributed by atoms with Gasteiger partial charge in [0.15, 0.2) is 5.79 Å². The van der Waals surface area contributed by atoms with Crippen LogP contribution in [0.5, 0.6) is 0 Å². The second kappa shape index (κ2) is 3.32. The average Bonchev–Trinajstić information content (AvgIpc) is 2.05. The molecule has 1 atom stereocenters. The molecular formula is C9H17NO2. The Labute approximate surface area is 73.4 Å². The lowest BCUT2D eigenvalue weighted by atomic mass is 10.0. The van der Waals surface area contributed by atoms with Crippen LogP contribution in [0.1, 0.15) is 26.2 Å². The molecule has 0 aliphatic carbocycles. The van der Waals surface area contributed by atoms with Crippen molar-refractivity contribution < 1.29 is 9.47 Å². The quantitative estimate of drug-likeness (QED) is 0.587. The summed E-state index contributed by atoms with van der Waals surface area (Å²) in [6.45, 7) is 5.03. The lowest BCUT2D eigenvalue weighted by molar-refractivity contribution is -0.299. The molecule has 1 N–H and O–H groups in total. The van der Waals surface area contributed by atoms with Crippen LogP contribution in [0.3, 0.4) is 0 Å². The van der Waals surface area contributed by atoms with Gasteiger partial charge in [0.05, 0.1) is 12.7 Å². The van der Waals surface area contributed by atoms with Crippen LogP contribution in [0.2, 0.25) is 0 Å². The van der Waals surface area contributed by atoms with Crippen molar-refractivity contribution in [3.63, 3.8) is 0 Å². The summed E-state index contributed by atoms with van der Waals surface area (Å²) < 4.78 is 11.6. The molecule has 0 aromatic heterocycles. The number of piperidine rings is 1. The van der Waals surface area contributed by atoms with E-state index in [1.54, 1.807) is 0 Å². The molecule has 3 heteroatoms.